The van der Waals surface area contributed by atoms with Gasteiger partial charge in [0, 0.05) is 23.5 Å². The predicted octanol–water partition coefficient (Wildman–Crippen LogP) is 3.71. The van der Waals surface area contributed by atoms with Crippen molar-refractivity contribution in [1.29, 1.82) is 0 Å². The lowest BCUT2D eigenvalue weighted by molar-refractivity contribution is 0.956. The molecule has 0 N–H and O–H groups in total. The van der Waals surface area contributed by atoms with Crippen LogP contribution < -0.4 is 0 Å². The Morgan fingerprint density at radius 3 is 2.75 bits per heavy atom. The van der Waals surface area contributed by atoms with E-state index in [1.807, 2.05) is 49.4 Å². The van der Waals surface area contributed by atoms with E-state index in [0.29, 0.717) is 11.5 Å². The Morgan fingerprint density at radius 2 is 1.92 bits per heavy atom. The molecule has 24 heavy (non-hydrogen) atoms. The van der Waals surface area contributed by atoms with Crippen molar-refractivity contribution in [3.8, 4) is 22.6 Å². The number of nitrogens with zero attached hydrogens (tertiary/aromatic N) is 6. The van der Waals surface area contributed by atoms with Crippen LogP contribution in [0, 0.1) is 13.5 Å². The third-order valence-corrected chi connectivity index (χ3v) is 3.67. The third kappa shape index (κ3) is 2.29. The molecule has 4 rings (SSSR count). The lowest BCUT2D eigenvalue weighted by Gasteiger charge is -2.07. The van der Waals surface area contributed by atoms with Crippen molar-refractivity contribution < 1.29 is 0 Å². The Bertz CT molecular complexity index is 1090. The number of hydrogen-bond donors (Lipinski definition) is 0. The molecular formula is C18H12N6. The Labute approximate surface area is 138 Å². The molecule has 0 radical (unpaired) electrons. The fourth-order valence-corrected chi connectivity index (χ4v) is 2.57. The number of rotatable bonds is 2. The summed E-state index contributed by atoms with van der Waals surface area (Å²) in [7, 11) is 0. The summed E-state index contributed by atoms with van der Waals surface area (Å²) in [4.78, 5) is 16.7. The van der Waals surface area contributed by atoms with Gasteiger partial charge in [-0.15, -0.1) is 4.52 Å². The highest BCUT2D eigenvalue weighted by molar-refractivity contribution is 5.77. The second-order valence-electron chi connectivity index (χ2n) is 5.28. The van der Waals surface area contributed by atoms with Crippen molar-refractivity contribution in [1.82, 2.24) is 24.6 Å². The molecule has 0 fully saturated rings. The van der Waals surface area contributed by atoms with Crippen molar-refractivity contribution in [2.24, 2.45) is 0 Å². The summed E-state index contributed by atoms with van der Waals surface area (Å²) < 4.78 is 1.54. The number of fused-ring (bicyclic) bond motifs is 1. The molecule has 6 nitrogen and oxygen atoms in total. The van der Waals surface area contributed by atoms with Crippen molar-refractivity contribution >= 4 is 11.5 Å². The number of imidazole rings is 1. The number of pyridine rings is 2. The Hall–Kier alpha value is -3.59. The molecule has 0 atom stereocenters. The second-order valence-corrected chi connectivity index (χ2v) is 5.28. The zero-order chi connectivity index (χ0) is 16.5. The lowest BCUT2D eigenvalue weighted by Crippen LogP contribution is -1.97. The fraction of sp³-hybridized carbons (Fsp3) is 0.0556. The molecule has 0 saturated heterocycles. The molecule has 0 spiro atoms. The first kappa shape index (κ1) is 14.0. The molecule has 0 aromatic carbocycles. The van der Waals surface area contributed by atoms with E-state index >= 15 is 0 Å². The van der Waals surface area contributed by atoms with E-state index in [-0.39, 0.29) is 0 Å². The van der Waals surface area contributed by atoms with Gasteiger partial charge in [-0.1, -0.05) is 17.7 Å². The fourth-order valence-electron chi connectivity index (χ4n) is 2.57. The van der Waals surface area contributed by atoms with Gasteiger partial charge in [-0.2, -0.15) is 0 Å². The molecule has 6 heteroatoms. The van der Waals surface area contributed by atoms with Crippen molar-refractivity contribution in [2.75, 3.05) is 0 Å². The Morgan fingerprint density at radius 1 is 1.00 bits per heavy atom. The molecule has 0 bridgehead atoms. The molecule has 0 unspecified atom stereocenters. The maximum atomic E-state index is 7.22. The van der Waals surface area contributed by atoms with Crippen LogP contribution >= 0.6 is 0 Å². The molecule has 114 valence electrons. The van der Waals surface area contributed by atoms with E-state index in [4.69, 9.17) is 6.57 Å². The van der Waals surface area contributed by atoms with Gasteiger partial charge in [0.15, 0.2) is 0 Å². The van der Waals surface area contributed by atoms with Crippen LogP contribution in [0.4, 0.5) is 5.82 Å². The van der Waals surface area contributed by atoms with Gasteiger partial charge in [0.25, 0.3) is 5.82 Å². The first-order valence-corrected chi connectivity index (χ1v) is 7.38. The van der Waals surface area contributed by atoms with Crippen LogP contribution in [0.3, 0.4) is 0 Å². The van der Waals surface area contributed by atoms with Gasteiger partial charge in [0.1, 0.15) is 5.69 Å². The first-order valence-electron chi connectivity index (χ1n) is 7.38. The van der Waals surface area contributed by atoms with Gasteiger partial charge in [-0.05, 0) is 37.3 Å². The first-order chi connectivity index (χ1) is 11.8. The van der Waals surface area contributed by atoms with Crippen LogP contribution in [0.15, 0.2) is 54.9 Å². The maximum Gasteiger partial charge on any atom is 0.275 e. The summed E-state index contributed by atoms with van der Waals surface area (Å²) in [5, 5.41) is 4.56. The lowest BCUT2D eigenvalue weighted by atomic mass is 10.1. The highest BCUT2D eigenvalue weighted by atomic mass is 15.3. The summed E-state index contributed by atoms with van der Waals surface area (Å²) in [6.07, 6.45) is 3.26. The highest BCUT2D eigenvalue weighted by Gasteiger charge is 2.14. The number of aryl methyl sites for hydroxylation is 1. The summed E-state index contributed by atoms with van der Waals surface area (Å²) in [5.74, 6) is 0.381. The average molecular weight is 312 g/mol. The van der Waals surface area contributed by atoms with Gasteiger partial charge < -0.3 is 4.85 Å². The zero-order valence-corrected chi connectivity index (χ0v) is 12.9. The van der Waals surface area contributed by atoms with E-state index in [1.165, 1.54) is 6.20 Å². The SMILES string of the molecule is [C-]#[N+]c1cnc2ccc(-c3cccnc3-c3cccc(C)n3)nn12. The van der Waals surface area contributed by atoms with Crippen LogP contribution in [0.25, 0.3) is 33.1 Å². The summed E-state index contributed by atoms with van der Waals surface area (Å²) >= 11 is 0. The molecule has 0 aliphatic rings. The minimum absolute atomic E-state index is 0.381. The van der Waals surface area contributed by atoms with Crippen LogP contribution in [0.2, 0.25) is 0 Å². The molecule has 4 aromatic heterocycles. The summed E-state index contributed by atoms with van der Waals surface area (Å²) in [6.45, 7) is 9.17. The second kappa shape index (κ2) is 5.56. The molecular weight excluding hydrogens is 300 g/mol. The monoisotopic (exact) mass is 312 g/mol. The molecule has 4 aromatic rings. The van der Waals surface area contributed by atoms with Gasteiger partial charge in [-0.3, -0.25) is 9.97 Å². The van der Waals surface area contributed by atoms with Crippen LogP contribution in [0.1, 0.15) is 5.69 Å². The smallest absolute Gasteiger partial charge is 0.275 e. The van der Waals surface area contributed by atoms with Gasteiger partial charge in [-0.25, -0.2) is 4.98 Å². The third-order valence-electron chi connectivity index (χ3n) is 3.67. The molecule has 0 aliphatic carbocycles. The van der Waals surface area contributed by atoms with Crippen LogP contribution in [0.5, 0.6) is 0 Å². The summed E-state index contributed by atoms with van der Waals surface area (Å²) in [6, 6.07) is 13.4. The van der Waals surface area contributed by atoms with E-state index in [0.717, 1.165) is 28.3 Å². The minimum Gasteiger partial charge on any atom is -0.360 e. The molecule has 0 aliphatic heterocycles. The number of aromatic nitrogens is 5. The van der Waals surface area contributed by atoms with E-state index in [9.17, 15) is 0 Å². The van der Waals surface area contributed by atoms with Crippen molar-refractivity contribution in [3.63, 3.8) is 0 Å². The summed E-state index contributed by atoms with van der Waals surface area (Å²) in [5.41, 5.74) is 4.71. The zero-order valence-electron chi connectivity index (χ0n) is 12.9. The molecule has 0 saturated carbocycles. The van der Waals surface area contributed by atoms with E-state index in [1.54, 1.807) is 10.7 Å². The van der Waals surface area contributed by atoms with Crippen molar-refractivity contribution in [3.05, 3.63) is 72.0 Å². The van der Waals surface area contributed by atoms with E-state index < -0.39 is 0 Å². The normalized spacial score (nSPS) is 10.7. The van der Waals surface area contributed by atoms with Gasteiger partial charge in [0.2, 0.25) is 5.65 Å². The van der Waals surface area contributed by atoms with E-state index in [2.05, 4.69) is 24.9 Å². The standard InChI is InChI=1S/C18H12N6/c1-12-5-3-7-15(22-12)18-13(6-4-10-20-18)14-8-9-16-21-11-17(19-2)24(16)23-14/h3-11H,1H3. The maximum absolute atomic E-state index is 7.22. The quantitative estimate of drug-likeness (QED) is 0.529. The highest BCUT2D eigenvalue weighted by Crippen LogP contribution is 2.28. The molecule has 4 heterocycles. The minimum atomic E-state index is 0.381. The topological polar surface area (TPSA) is 60.3 Å². The van der Waals surface area contributed by atoms with Crippen LogP contribution in [-0.2, 0) is 0 Å². The average Bonchev–Trinajstić information content (AvgIpc) is 3.04. The Kier molecular flexibility index (Phi) is 3.25. The van der Waals surface area contributed by atoms with Crippen LogP contribution in [-0.4, -0.2) is 24.6 Å². The predicted molar refractivity (Wildman–Crippen MR) is 90.4 cm³/mol. The largest absolute Gasteiger partial charge is 0.360 e. The van der Waals surface area contributed by atoms with Gasteiger partial charge in [0.05, 0.1) is 17.6 Å². The molecule has 0 amide bonds. The number of hydrogen-bond acceptors (Lipinski definition) is 4. The van der Waals surface area contributed by atoms with Crippen molar-refractivity contribution in [2.45, 2.75) is 6.92 Å². The van der Waals surface area contributed by atoms with Gasteiger partial charge >= 0.3 is 0 Å². The Balaban J connectivity index is 1.93.